The third-order valence-corrected chi connectivity index (χ3v) is 4.45. The molecular formula is C20H22N4O2. The highest BCUT2D eigenvalue weighted by molar-refractivity contribution is 5.76. The molecule has 1 aromatic heterocycles. The number of carbonyl (C=O) groups is 1. The van der Waals surface area contributed by atoms with E-state index in [-0.39, 0.29) is 11.6 Å². The van der Waals surface area contributed by atoms with Crippen molar-refractivity contribution in [1.29, 1.82) is 5.26 Å². The van der Waals surface area contributed by atoms with Gasteiger partial charge in [0.25, 0.3) is 0 Å². The average molecular weight is 350 g/mol. The lowest BCUT2D eigenvalue weighted by Crippen LogP contribution is -2.48. The van der Waals surface area contributed by atoms with E-state index in [2.05, 4.69) is 11.1 Å². The van der Waals surface area contributed by atoms with Crippen molar-refractivity contribution in [2.45, 2.75) is 20.3 Å². The van der Waals surface area contributed by atoms with Gasteiger partial charge in [0.05, 0.1) is 0 Å². The van der Waals surface area contributed by atoms with Gasteiger partial charge in [0.1, 0.15) is 6.07 Å². The lowest BCUT2D eigenvalue weighted by molar-refractivity contribution is -0.131. The van der Waals surface area contributed by atoms with Crippen LogP contribution >= 0.6 is 0 Å². The number of piperazine rings is 1. The van der Waals surface area contributed by atoms with Crippen LogP contribution < -0.4 is 4.90 Å². The Labute approximate surface area is 153 Å². The molecule has 0 aliphatic carbocycles. The number of nitriles is 1. The smallest absolute Gasteiger partial charge is 0.235 e. The van der Waals surface area contributed by atoms with Gasteiger partial charge >= 0.3 is 0 Å². The van der Waals surface area contributed by atoms with Crippen LogP contribution in [0.2, 0.25) is 0 Å². The number of nitrogens with zero attached hydrogens (tertiary/aromatic N) is 4. The summed E-state index contributed by atoms with van der Waals surface area (Å²) in [6.07, 6.45) is 4.19. The number of anilines is 1. The molecule has 0 unspecified atom stereocenters. The van der Waals surface area contributed by atoms with Gasteiger partial charge in [-0.15, -0.1) is 0 Å². The minimum Gasteiger partial charge on any atom is -0.420 e. The molecule has 0 atom stereocenters. The minimum atomic E-state index is 0.157. The van der Waals surface area contributed by atoms with Crippen LogP contribution in [0.15, 0.2) is 28.7 Å². The molecule has 1 amide bonds. The summed E-state index contributed by atoms with van der Waals surface area (Å²) in [5.41, 5.74) is 2.53. The molecular weight excluding hydrogens is 328 g/mol. The summed E-state index contributed by atoms with van der Waals surface area (Å²) in [5, 5.41) is 9.37. The van der Waals surface area contributed by atoms with Crippen molar-refractivity contribution in [3.05, 3.63) is 47.0 Å². The molecule has 2 heterocycles. The number of carbonyl (C=O) groups excluding carboxylic acids is 1. The van der Waals surface area contributed by atoms with Gasteiger partial charge in [-0.05, 0) is 18.6 Å². The van der Waals surface area contributed by atoms with E-state index < -0.39 is 0 Å². The summed E-state index contributed by atoms with van der Waals surface area (Å²) in [4.78, 5) is 19.9. The van der Waals surface area contributed by atoms with Gasteiger partial charge in [-0.25, -0.2) is 0 Å². The maximum atomic E-state index is 11.8. The van der Waals surface area contributed by atoms with Crippen molar-refractivity contribution in [3.8, 4) is 6.07 Å². The summed E-state index contributed by atoms with van der Waals surface area (Å²) in [5.74, 6) is 1.05. The van der Waals surface area contributed by atoms with Crippen molar-refractivity contribution >= 4 is 23.9 Å². The molecule has 6 nitrogen and oxygen atoms in total. The molecule has 0 saturated carbocycles. The Morgan fingerprint density at radius 2 is 1.92 bits per heavy atom. The number of oxazole rings is 1. The number of rotatable bonds is 4. The molecule has 3 rings (SSSR count). The normalized spacial score (nSPS) is 14.7. The van der Waals surface area contributed by atoms with Crippen molar-refractivity contribution in [2.75, 3.05) is 31.1 Å². The van der Waals surface area contributed by atoms with Gasteiger partial charge in [-0.1, -0.05) is 36.8 Å². The lowest BCUT2D eigenvalue weighted by Gasteiger charge is -2.34. The zero-order valence-corrected chi connectivity index (χ0v) is 15.1. The van der Waals surface area contributed by atoms with E-state index in [1.165, 1.54) is 5.56 Å². The molecule has 1 aliphatic rings. The van der Waals surface area contributed by atoms with Gasteiger partial charge in [0.2, 0.25) is 23.4 Å². The number of amides is 1. The molecule has 1 aliphatic heterocycles. The third kappa shape index (κ3) is 3.94. The fourth-order valence-electron chi connectivity index (χ4n) is 2.91. The summed E-state index contributed by atoms with van der Waals surface area (Å²) >= 11 is 0. The maximum absolute atomic E-state index is 11.8. The van der Waals surface area contributed by atoms with E-state index in [1.54, 1.807) is 6.08 Å². The van der Waals surface area contributed by atoms with E-state index in [9.17, 15) is 10.1 Å². The zero-order valence-electron chi connectivity index (χ0n) is 15.1. The second kappa shape index (κ2) is 7.87. The van der Waals surface area contributed by atoms with Gasteiger partial charge in [0, 0.05) is 38.7 Å². The predicted octanol–water partition coefficient (Wildman–Crippen LogP) is 3.08. The van der Waals surface area contributed by atoms with Gasteiger partial charge in [-0.2, -0.15) is 10.2 Å². The SMILES string of the molecule is CCC(=O)N1CCN(c2oc(/C=C/c3ccc(C)cc3)nc2C#N)CC1. The zero-order chi connectivity index (χ0) is 18.5. The molecule has 1 saturated heterocycles. The quantitative estimate of drug-likeness (QED) is 0.847. The van der Waals surface area contributed by atoms with E-state index >= 15 is 0 Å². The largest absolute Gasteiger partial charge is 0.420 e. The second-order valence-corrected chi connectivity index (χ2v) is 6.28. The fraction of sp³-hybridized carbons (Fsp3) is 0.350. The molecule has 26 heavy (non-hydrogen) atoms. The van der Waals surface area contributed by atoms with Crippen molar-refractivity contribution in [3.63, 3.8) is 0 Å². The molecule has 0 bridgehead atoms. The van der Waals surface area contributed by atoms with Gasteiger partial charge in [0.15, 0.2) is 0 Å². The molecule has 0 spiro atoms. The van der Waals surface area contributed by atoms with Crippen LogP contribution in [0.25, 0.3) is 12.2 Å². The Bertz CT molecular complexity index is 838. The summed E-state index contributed by atoms with van der Waals surface area (Å²) < 4.78 is 5.81. The topological polar surface area (TPSA) is 73.4 Å². The maximum Gasteiger partial charge on any atom is 0.235 e. The Morgan fingerprint density at radius 1 is 1.23 bits per heavy atom. The Balaban J connectivity index is 1.72. The van der Waals surface area contributed by atoms with Crippen molar-refractivity contribution in [2.24, 2.45) is 0 Å². The number of benzene rings is 1. The van der Waals surface area contributed by atoms with Crippen molar-refractivity contribution < 1.29 is 9.21 Å². The molecule has 134 valence electrons. The van der Waals surface area contributed by atoms with Crippen LogP contribution in [0.5, 0.6) is 0 Å². The first-order chi connectivity index (χ1) is 12.6. The number of aromatic nitrogens is 1. The Morgan fingerprint density at radius 3 is 2.54 bits per heavy atom. The van der Waals surface area contributed by atoms with E-state index in [0.29, 0.717) is 44.4 Å². The number of hydrogen-bond acceptors (Lipinski definition) is 5. The predicted molar refractivity (Wildman–Crippen MR) is 100 cm³/mol. The van der Waals surface area contributed by atoms with Crippen LogP contribution in [-0.4, -0.2) is 42.0 Å². The van der Waals surface area contributed by atoms with Crippen molar-refractivity contribution in [1.82, 2.24) is 9.88 Å². The Hall–Kier alpha value is -3.07. The monoisotopic (exact) mass is 350 g/mol. The minimum absolute atomic E-state index is 0.157. The Kier molecular flexibility index (Phi) is 5.37. The van der Waals surface area contributed by atoms with Crippen LogP contribution in [0.3, 0.4) is 0 Å². The van der Waals surface area contributed by atoms with E-state index in [1.807, 2.05) is 54.0 Å². The average Bonchev–Trinajstić information content (AvgIpc) is 3.10. The van der Waals surface area contributed by atoms with E-state index in [0.717, 1.165) is 5.56 Å². The summed E-state index contributed by atoms with van der Waals surface area (Å²) in [6, 6.07) is 10.2. The fourth-order valence-corrected chi connectivity index (χ4v) is 2.91. The molecule has 2 aromatic rings. The van der Waals surface area contributed by atoms with Crippen LogP contribution in [0.1, 0.15) is 36.1 Å². The first-order valence-electron chi connectivity index (χ1n) is 8.79. The lowest BCUT2D eigenvalue weighted by atomic mass is 10.1. The van der Waals surface area contributed by atoms with E-state index in [4.69, 9.17) is 4.42 Å². The van der Waals surface area contributed by atoms with Crippen LogP contribution in [0.4, 0.5) is 5.88 Å². The molecule has 1 aromatic carbocycles. The van der Waals surface area contributed by atoms with Crippen LogP contribution in [0, 0.1) is 18.3 Å². The molecule has 6 heteroatoms. The molecule has 0 radical (unpaired) electrons. The first kappa shape index (κ1) is 17.7. The summed E-state index contributed by atoms with van der Waals surface area (Å²) in [6.45, 7) is 6.44. The summed E-state index contributed by atoms with van der Waals surface area (Å²) in [7, 11) is 0. The second-order valence-electron chi connectivity index (χ2n) is 6.28. The molecule has 0 N–H and O–H groups in total. The highest BCUT2D eigenvalue weighted by Gasteiger charge is 2.25. The van der Waals surface area contributed by atoms with Gasteiger partial charge < -0.3 is 14.2 Å². The standard InChI is InChI=1S/C20H22N4O2/c1-3-19(25)23-10-12-24(13-11-23)20-17(14-21)22-18(26-20)9-8-16-6-4-15(2)5-7-16/h4-9H,3,10-13H2,1-2H3/b9-8+. The van der Waals surface area contributed by atoms with Crippen LogP contribution in [-0.2, 0) is 4.79 Å². The number of aryl methyl sites for hydroxylation is 1. The highest BCUT2D eigenvalue weighted by atomic mass is 16.4. The number of hydrogen-bond donors (Lipinski definition) is 0. The third-order valence-electron chi connectivity index (χ3n) is 4.45. The van der Waals surface area contributed by atoms with Gasteiger partial charge in [-0.3, -0.25) is 4.79 Å². The highest BCUT2D eigenvalue weighted by Crippen LogP contribution is 2.24. The first-order valence-corrected chi connectivity index (χ1v) is 8.79. The molecule has 1 fully saturated rings.